The topological polar surface area (TPSA) is 105 Å². The molecular weight excluding hydrogens is 444 g/mol. The number of anilines is 1. The number of benzene rings is 2. The number of aryl methyl sites for hydroxylation is 1. The Balaban J connectivity index is 2.08. The maximum absolute atomic E-state index is 13.0. The van der Waals surface area contributed by atoms with E-state index >= 15 is 0 Å². The van der Waals surface area contributed by atoms with Gasteiger partial charge in [-0.3, -0.25) is 14.9 Å². The number of halogens is 1. The van der Waals surface area contributed by atoms with Gasteiger partial charge in [-0.2, -0.15) is 0 Å². The molecule has 0 unspecified atom stereocenters. The Morgan fingerprint density at radius 3 is 2.24 bits per heavy atom. The van der Waals surface area contributed by atoms with Gasteiger partial charge in [0.1, 0.15) is 5.57 Å². The van der Waals surface area contributed by atoms with Crippen molar-refractivity contribution in [3.8, 4) is 17.2 Å². The van der Waals surface area contributed by atoms with Gasteiger partial charge in [-0.15, -0.1) is 0 Å². The SMILES string of the molecule is COc1cc(C=C2C(=O)NC(=O)N(c3ccc(Br)cc3C)C2=O)cc(OC)c1O. The molecule has 0 aliphatic carbocycles. The van der Waals surface area contributed by atoms with Crippen molar-refractivity contribution in [2.24, 2.45) is 0 Å². The normalized spacial score (nSPS) is 15.5. The highest BCUT2D eigenvalue weighted by Crippen LogP contribution is 2.38. The first-order chi connectivity index (χ1) is 13.8. The Kier molecular flexibility index (Phi) is 5.60. The summed E-state index contributed by atoms with van der Waals surface area (Å²) in [5, 5.41) is 12.2. The number of aromatic hydroxyl groups is 1. The highest BCUT2D eigenvalue weighted by molar-refractivity contribution is 9.10. The number of nitrogens with zero attached hydrogens (tertiary/aromatic N) is 1. The van der Waals surface area contributed by atoms with E-state index in [0.29, 0.717) is 16.8 Å². The van der Waals surface area contributed by atoms with Gasteiger partial charge in [0.25, 0.3) is 11.8 Å². The van der Waals surface area contributed by atoms with Gasteiger partial charge in [-0.05, 0) is 54.5 Å². The van der Waals surface area contributed by atoms with Gasteiger partial charge in [0, 0.05) is 4.47 Å². The molecule has 0 saturated carbocycles. The number of urea groups is 1. The molecule has 0 radical (unpaired) electrons. The fraction of sp³-hybridized carbons (Fsp3) is 0.150. The van der Waals surface area contributed by atoms with Crippen molar-refractivity contribution in [3.05, 3.63) is 51.5 Å². The standard InChI is InChI=1S/C20H17BrN2O6/c1-10-6-12(21)4-5-14(10)23-19(26)13(18(25)22-20(23)27)7-11-8-15(28-2)17(24)16(9-11)29-3/h4-9,24H,1-3H3,(H,22,25,27). The lowest BCUT2D eigenvalue weighted by Gasteiger charge is -2.27. The van der Waals surface area contributed by atoms with Gasteiger partial charge in [0.05, 0.1) is 19.9 Å². The van der Waals surface area contributed by atoms with E-state index in [9.17, 15) is 19.5 Å². The third kappa shape index (κ3) is 3.81. The highest BCUT2D eigenvalue weighted by Gasteiger charge is 2.37. The first-order valence-electron chi connectivity index (χ1n) is 8.39. The third-order valence-electron chi connectivity index (χ3n) is 4.31. The fourth-order valence-corrected chi connectivity index (χ4v) is 3.39. The zero-order valence-corrected chi connectivity index (χ0v) is 17.4. The molecule has 150 valence electrons. The molecular formula is C20H17BrN2O6. The minimum absolute atomic E-state index is 0.108. The van der Waals surface area contributed by atoms with Crippen LogP contribution in [0.2, 0.25) is 0 Å². The second kappa shape index (κ2) is 7.96. The van der Waals surface area contributed by atoms with Crippen LogP contribution in [0.1, 0.15) is 11.1 Å². The number of imide groups is 2. The number of phenols is 1. The van der Waals surface area contributed by atoms with E-state index < -0.39 is 17.8 Å². The number of rotatable bonds is 4. The number of nitrogens with one attached hydrogen (secondary N) is 1. The lowest BCUT2D eigenvalue weighted by molar-refractivity contribution is -0.122. The van der Waals surface area contributed by atoms with Gasteiger partial charge in [0.15, 0.2) is 11.5 Å². The molecule has 3 rings (SSSR count). The van der Waals surface area contributed by atoms with Crippen LogP contribution in [0.15, 0.2) is 40.4 Å². The number of ether oxygens (including phenoxy) is 2. The molecule has 8 nitrogen and oxygen atoms in total. The second-order valence-corrected chi connectivity index (χ2v) is 7.08. The van der Waals surface area contributed by atoms with Crippen molar-refractivity contribution in [2.75, 3.05) is 19.1 Å². The maximum atomic E-state index is 13.0. The minimum Gasteiger partial charge on any atom is -0.502 e. The molecule has 0 aromatic heterocycles. The number of methoxy groups -OCH3 is 2. The van der Waals surface area contributed by atoms with Crippen LogP contribution in [0.5, 0.6) is 17.2 Å². The molecule has 1 saturated heterocycles. The average molecular weight is 461 g/mol. The maximum Gasteiger partial charge on any atom is 0.335 e. The fourth-order valence-electron chi connectivity index (χ4n) is 2.91. The summed E-state index contributed by atoms with van der Waals surface area (Å²) in [6.45, 7) is 1.75. The summed E-state index contributed by atoms with van der Waals surface area (Å²) >= 11 is 3.34. The molecule has 0 spiro atoms. The van der Waals surface area contributed by atoms with Crippen molar-refractivity contribution in [1.82, 2.24) is 5.32 Å². The Bertz CT molecular complexity index is 1040. The summed E-state index contributed by atoms with van der Waals surface area (Å²) < 4.78 is 11.0. The van der Waals surface area contributed by atoms with Crippen LogP contribution in [-0.4, -0.2) is 37.2 Å². The number of hydrogen-bond donors (Lipinski definition) is 2. The molecule has 1 heterocycles. The number of carbonyl (C=O) groups excluding carboxylic acids is 3. The Morgan fingerprint density at radius 2 is 1.69 bits per heavy atom. The summed E-state index contributed by atoms with van der Waals surface area (Å²) in [7, 11) is 2.72. The van der Waals surface area contributed by atoms with Crippen molar-refractivity contribution in [1.29, 1.82) is 0 Å². The largest absolute Gasteiger partial charge is 0.502 e. The van der Waals surface area contributed by atoms with E-state index in [1.165, 1.54) is 32.4 Å². The van der Waals surface area contributed by atoms with Crippen LogP contribution in [0.25, 0.3) is 6.08 Å². The van der Waals surface area contributed by atoms with Crippen molar-refractivity contribution in [3.63, 3.8) is 0 Å². The van der Waals surface area contributed by atoms with Gasteiger partial charge < -0.3 is 14.6 Å². The smallest absolute Gasteiger partial charge is 0.335 e. The molecule has 0 atom stereocenters. The molecule has 0 bridgehead atoms. The number of amides is 4. The second-order valence-electron chi connectivity index (χ2n) is 6.16. The molecule has 4 amide bonds. The summed E-state index contributed by atoms with van der Waals surface area (Å²) in [4.78, 5) is 38.6. The predicted molar refractivity (Wildman–Crippen MR) is 109 cm³/mol. The first-order valence-corrected chi connectivity index (χ1v) is 9.18. The summed E-state index contributed by atoms with van der Waals surface area (Å²) in [5.74, 6) is -1.58. The van der Waals surface area contributed by atoms with E-state index in [0.717, 1.165) is 9.37 Å². The molecule has 2 aromatic rings. The van der Waals surface area contributed by atoms with E-state index in [2.05, 4.69) is 21.2 Å². The highest BCUT2D eigenvalue weighted by atomic mass is 79.9. The predicted octanol–water partition coefficient (Wildman–Crippen LogP) is 3.15. The number of barbiturate groups is 1. The summed E-state index contributed by atoms with van der Waals surface area (Å²) in [6, 6.07) is 7.11. The average Bonchev–Trinajstić information content (AvgIpc) is 2.67. The lowest BCUT2D eigenvalue weighted by atomic mass is 10.0. The zero-order chi connectivity index (χ0) is 21.3. The molecule has 1 fully saturated rings. The Morgan fingerprint density at radius 1 is 1.07 bits per heavy atom. The zero-order valence-electron chi connectivity index (χ0n) is 15.8. The van der Waals surface area contributed by atoms with E-state index in [-0.39, 0.29) is 22.8 Å². The number of hydrogen-bond acceptors (Lipinski definition) is 6. The van der Waals surface area contributed by atoms with Gasteiger partial charge in [-0.25, -0.2) is 9.69 Å². The lowest BCUT2D eigenvalue weighted by Crippen LogP contribution is -2.54. The Hall–Kier alpha value is -3.33. The van der Waals surface area contributed by atoms with E-state index in [1.54, 1.807) is 25.1 Å². The molecule has 2 N–H and O–H groups in total. The Labute approximate surface area is 174 Å². The molecule has 1 aliphatic heterocycles. The van der Waals surface area contributed by atoms with Crippen LogP contribution in [0.4, 0.5) is 10.5 Å². The molecule has 1 aliphatic rings. The molecule has 2 aromatic carbocycles. The van der Waals surface area contributed by atoms with E-state index in [4.69, 9.17) is 9.47 Å². The third-order valence-corrected chi connectivity index (χ3v) is 4.81. The van der Waals surface area contributed by atoms with Crippen molar-refractivity contribution in [2.45, 2.75) is 6.92 Å². The summed E-state index contributed by atoms with van der Waals surface area (Å²) in [5.41, 5.74) is 1.15. The van der Waals surface area contributed by atoms with Gasteiger partial charge >= 0.3 is 6.03 Å². The quantitative estimate of drug-likeness (QED) is 0.536. The van der Waals surface area contributed by atoms with Crippen LogP contribution in [0, 0.1) is 6.92 Å². The monoisotopic (exact) mass is 460 g/mol. The van der Waals surface area contributed by atoms with Crippen LogP contribution in [-0.2, 0) is 9.59 Å². The first kappa shape index (κ1) is 20.4. The van der Waals surface area contributed by atoms with Gasteiger partial charge in [-0.1, -0.05) is 15.9 Å². The van der Waals surface area contributed by atoms with Crippen LogP contribution >= 0.6 is 15.9 Å². The molecule has 9 heteroatoms. The van der Waals surface area contributed by atoms with Crippen LogP contribution < -0.4 is 19.7 Å². The van der Waals surface area contributed by atoms with Crippen molar-refractivity contribution < 1.29 is 29.0 Å². The summed E-state index contributed by atoms with van der Waals surface area (Å²) in [6.07, 6.45) is 1.30. The minimum atomic E-state index is -0.830. The van der Waals surface area contributed by atoms with Crippen LogP contribution in [0.3, 0.4) is 0 Å². The number of carbonyl (C=O) groups is 3. The molecule has 29 heavy (non-hydrogen) atoms. The van der Waals surface area contributed by atoms with E-state index in [1.807, 2.05) is 0 Å². The van der Waals surface area contributed by atoms with Crippen molar-refractivity contribution >= 4 is 45.5 Å². The number of phenolic OH excluding ortho intramolecular Hbond substituents is 1. The van der Waals surface area contributed by atoms with Gasteiger partial charge in [0.2, 0.25) is 5.75 Å².